The van der Waals surface area contributed by atoms with Gasteiger partial charge in [0.05, 0.1) is 21.5 Å². The summed E-state index contributed by atoms with van der Waals surface area (Å²) < 4.78 is 2.91. The van der Waals surface area contributed by atoms with Crippen LogP contribution in [0.1, 0.15) is 22.5 Å². The van der Waals surface area contributed by atoms with E-state index in [2.05, 4.69) is 21.0 Å². The molecule has 0 atom stereocenters. The molecule has 0 aliphatic rings. The van der Waals surface area contributed by atoms with Crippen LogP contribution in [-0.2, 0) is 0 Å². The topological polar surface area (TPSA) is 67.7 Å². The summed E-state index contributed by atoms with van der Waals surface area (Å²) in [6.45, 7) is 5.92. The van der Waals surface area contributed by atoms with E-state index in [0.717, 1.165) is 32.7 Å². The Balaban J connectivity index is 2.55. The molecule has 0 aliphatic carbocycles. The van der Waals surface area contributed by atoms with Gasteiger partial charge in [-0.3, -0.25) is 5.41 Å². The Labute approximate surface area is 114 Å². The molecule has 0 unspecified atom stereocenters. The molecule has 5 heteroatoms. The van der Waals surface area contributed by atoms with Crippen LogP contribution >= 0.6 is 15.9 Å². The number of nitrogens with one attached hydrogen (secondary N) is 1. The van der Waals surface area contributed by atoms with Gasteiger partial charge < -0.3 is 5.73 Å². The van der Waals surface area contributed by atoms with Crippen molar-refractivity contribution >= 4 is 21.8 Å². The van der Waals surface area contributed by atoms with Gasteiger partial charge in [-0.05, 0) is 60.5 Å². The second-order valence-electron chi connectivity index (χ2n) is 4.31. The summed E-state index contributed by atoms with van der Waals surface area (Å²) in [6.07, 6.45) is 0. The largest absolute Gasteiger partial charge is 0.384 e. The first-order valence-corrected chi connectivity index (χ1v) is 6.38. The van der Waals surface area contributed by atoms with E-state index in [0.29, 0.717) is 0 Å². The average molecular weight is 307 g/mol. The number of hydrogen-bond donors (Lipinski definition) is 2. The molecule has 4 nitrogen and oxygen atoms in total. The number of aromatic nitrogens is 2. The minimum atomic E-state index is 0.0913. The lowest BCUT2D eigenvalue weighted by Gasteiger charge is -2.09. The lowest BCUT2D eigenvalue weighted by molar-refractivity contribution is 0.832. The minimum absolute atomic E-state index is 0.0913. The quantitative estimate of drug-likeness (QED) is 0.662. The number of halogens is 1. The van der Waals surface area contributed by atoms with Gasteiger partial charge in [-0.2, -0.15) is 5.10 Å². The van der Waals surface area contributed by atoms with Gasteiger partial charge in [0.15, 0.2) is 0 Å². The molecule has 0 fully saturated rings. The first-order chi connectivity index (χ1) is 8.41. The number of hydrogen-bond acceptors (Lipinski definition) is 2. The van der Waals surface area contributed by atoms with Crippen molar-refractivity contribution in [2.45, 2.75) is 20.8 Å². The van der Waals surface area contributed by atoms with E-state index >= 15 is 0 Å². The van der Waals surface area contributed by atoms with E-state index in [1.807, 2.05) is 43.7 Å². The van der Waals surface area contributed by atoms with Crippen LogP contribution in [0.4, 0.5) is 0 Å². The molecule has 94 valence electrons. The fraction of sp³-hybridized carbons (Fsp3) is 0.231. The van der Waals surface area contributed by atoms with Crippen LogP contribution in [0.25, 0.3) is 5.69 Å². The SMILES string of the molecule is Cc1cc(-n2nc(C)c(Br)c2C)ccc1C(=N)N. The van der Waals surface area contributed by atoms with Crippen molar-refractivity contribution in [1.82, 2.24) is 9.78 Å². The monoisotopic (exact) mass is 306 g/mol. The summed E-state index contributed by atoms with van der Waals surface area (Å²) >= 11 is 3.52. The Bertz CT molecular complexity index is 628. The van der Waals surface area contributed by atoms with E-state index in [1.54, 1.807) is 0 Å². The van der Waals surface area contributed by atoms with Gasteiger partial charge in [0.25, 0.3) is 0 Å². The maximum Gasteiger partial charge on any atom is 0.123 e. The number of nitrogens with zero attached hydrogens (tertiary/aromatic N) is 2. The van der Waals surface area contributed by atoms with Crippen molar-refractivity contribution in [3.8, 4) is 5.69 Å². The fourth-order valence-corrected chi connectivity index (χ4v) is 2.20. The van der Waals surface area contributed by atoms with E-state index in [4.69, 9.17) is 11.1 Å². The van der Waals surface area contributed by atoms with Crippen molar-refractivity contribution in [3.05, 3.63) is 45.2 Å². The lowest BCUT2D eigenvalue weighted by atomic mass is 10.1. The molecule has 2 rings (SSSR count). The molecule has 0 spiro atoms. The molecule has 0 amide bonds. The average Bonchev–Trinajstić information content (AvgIpc) is 2.56. The molecule has 0 radical (unpaired) electrons. The van der Waals surface area contributed by atoms with Crippen molar-refractivity contribution in [1.29, 1.82) is 5.41 Å². The maximum absolute atomic E-state index is 7.48. The van der Waals surface area contributed by atoms with Crippen LogP contribution in [0, 0.1) is 26.2 Å². The van der Waals surface area contributed by atoms with Gasteiger partial charge >= 0.3 is 0 Å². The molecule has 2 aromatic rings. The highest BCUT2D eigenvalue weighted by Crippen LogP contribution is 2.23. The highest BCUT2D eigenvalue weighted by Gasteiger charge is 2.11. The van der Waals surface area contributed by atoms with Crippen LogP contribution < -0.4 is 5.73 Å². The van der Waals surface area contributed by atoms with Crippen LogP contribution in [0.2, 0.25) is 0 Å². The fourth-order valence-electron chi connectivity index (χ4n) is 1.96. The highest BCUT2D eigenvalue weighted by molar-refractivity contribution is 9.10. The number of aryl methyl sites for hydroxylation is 2. The summed E-state index contributed by atoms with van der Waals surface area (Å²) in [4.78, 5) is 0. The lowest BCUT2D eigenvalue weighted by Crippen LogP contribution is -2.13. The molecule has 18 heavy (non-hydrogen) atoms. The van der Waals surface area contributed by atoms with Crippen LogP contribution in [0.15, 0.2) is 22.7 Å². The van der Waals surface area contributed by atoms with Crippen molar-refractivity contribution in [2.75, 3.05) is 0 Å². The third-order valence-electron chi connectivity index (χ3n) is 2.95. The highest BCUT2D eigenvalue weighted by atomic mass is 79.9. The van der Waals surface area contributed by atoms with E-state index in [-0.39, 0.29) is 5.84 Å². The van der Waals surface area contributed by atoms with E-state index in [9.17, 15) is 0 Å². The van der Waals surface area contributed by atoms with Gasteiger partial charge in [0.1, 0.15) is 5.84 Å². The normalized spacial score (nSPS) is 10.7. The molecule has 0 aliphatic heterocycles. The summed E-state index contributed by atoms with van der Waals surface area (Å²) in [5.41, 5.74) is 10.2. The predicted molar refractivity (Wildman–Crippen MR) is 76.5 cm³/mol. The van der Waals surface area contributed by atoms with Gasteiger partial charge in [-0.25, -0.2) is 4.68 Å². The molecule has 0 saturated carbocycles. The number of rotatable bonds is 2. The zero-order valence-corrected chi connectivity index (χ0v) is 12.2. The van der Waals surface area contributed by atoms with Gasteiger partial charge in [-0.1, -0.05) is 0 Å². The van der Waals surface area contributed by atoms with Gasteiger partial charge in [-0.15, -0.1) is 0 Å². The first-order valence-electron chi connectivity index (χ1n) is 5.59. The standard InChI is InChI=1S/C13H15BrN4/c1-7-6-10(4-5-11(7)13(15)16)18-9(3)12(14)8(2)17-18/h4-6H,1-3H3,(H3,15,16). The Morgan fingerprint density at radius 3 is 2.44 bits per heavy atom. The second-order valence-corrected chi connectivity index (χ2v) is 5.10. The summed E-state index contributed by atoms with van der Waals surface area (Å²) in [6, 6.07) is 5.77. The molecule has 0 saturated heterocycles. The van der Waals surface area contributed by atoms with Crippen LogP contribution in [0.3, 0.4) is 0 Å². The van der Waals surface area contributed by atoms with Crippen molar-refractivity contribution in [2.24, 2.45) is 5.73 Å². The zero-order chi connectivity index (χ0) is 13.4. The molecule has 3 N–H and O–H groups in total. The number of nitrogens with two attached hydrogens (primary N) is 1. The minimum Gasteiger partial charge on any atom is -0.384 e. The number of nitrogen functional groups attached to an aromatic ring is 1. The Kier molecular flexibility index (Phi) is 3.26. The summed E-state index contributed by atoms with van der Waals surface area (Å²) in [5.74, 6) is 0.0913. The van der Waals surface area contributed by atoms with E-state index < -0.39 is 0 Å². The maximum atomic E-state index is 7.48. The number of amidine groups is 1. The Morgan fingerprint density at radius 2 is 2.00 bits per heavy atom. The molecule has 1 aromatic heterocycles. The Morgan fingerprint density at radius 1 is 1.33 bits per heavy atom. The zero-order valence-electron chi connectivity index (χ0n) is 10.6. The molecule has 1 aromatic carbocycles. The molecule has 1 heterocycles. The van der Waals surface area contributed by atoms with E-state index in [1.165, 1.54) is 0 Å². The van der Waals surface area contributed by atoms with Crippen molar-refractivity contribution in [3.63, 3.8) is 0 Å². The van der Waals surface area contributed by atoms with Crippen LogP contribution in [-0.4, -0.2) is 15.6 Å². The summed E-state index contributed by atoms with van der Waals surface area (Å²) in [5, 5.41) is 12.0. The third-order valence-corrected chi connectivity index (χ3v) is 4.10. The number of benzene rings is 1. The third kappa shape index (κ3) is 2.06. The molecule has 0 bridgehead atoms. The van der Waals surface area contributed by atoms with Crippen LogP contribution in [0.5, 0.6) is 0 Å². The molecular weight excluding hydrogens is 292 g/mol. The van der Waals surface area contributed by atoms with Gasteiger partial charge in [0, 0.05) is 5.56 Å². The Hall–Kier alpha value is -1.62. The first kappa shape index (κ1) is 12.8. The second kappa shape index (κ2) is 4.57. The van der Waals surface area contributed by atoms with Crippen molar-refractivity contribution < 1.29 is 0 Å². The predicted octanol–water partition coefficient (Wildman–Crippen LogP) is 2.84. The van der Waals surface area contributed by atoms with Gasteiger partial charge in [0.2, 0.25) is 0 Å². The smallest absolute Gasteiger partial charge is 0.123 e. The summed E-state index contributed by atoms with van der Waals surface area (Å²) in [7, 11) is 0. The molecular formula is C13H15BrN4.